The zero-order valence-electron chi connectivity index (χ0n) is 6.03. The van der Waals surface area contributed by atoms with Gasteiger partial charge in [-0.05, 0) is 0 Å². The van der Waals surface area contributed by atoms with E-state index in [1.54, 1.807) is 0 Å². The lowest BCUT2D eigenvalue weighted by Crippen LogP contribution is -2.62. The van der Waals surface area contributed by atoms with Crippen LogP contribution >= 0.6 is 0 Å². The maximum absolute atomic E-state index is 5.38. The first-order chi connectivity index (χ1) is 4.46. The van der Waals surface area contributed by atoms with Gasteiger partial charge in [-0.3, -0.25) is 0 Å². The second-order valence-electron chi connectivity index (χ2n) is 2.49. The van der Waals surface area contributed by atoms with Gasteiger partial charge in [-0.1, -0.05) is 0 Å². The average Bonchev–Trinajstić information content (AvgIpc) is 1.59. The maximum atomic E-state index is 5.38. The van der Waals surface area contributed by atoms with E-state index in [4.69, 9.17) is 30.9 Å². The molecule has 0 bridgehead atoms. The molecule has 0 aliphatic carbocycles. The van der Waals surface area contributed by atoms with E-state index >= 15 is 0 Å². The first-order valence-corrected chi connectivity index (χ1v) is 3.15. The summed E-state index contributed by atoms with van der Waals surface area (Å²) >= 11 is 0. The van der Waals surface area contributed by atoms with Gasteiger partial charge in [0.05, 0.1) is 0 Å². The zero-order valence-corrected chi connectivity index (χ0v) is 6.03. The molecule has 0 amide bonds. The van der Waals surface area contributed by atoms with Crippen LogP contribution in [0.5, 0.6) is 0 Å². The van der Waals surface area contributed by atoms with Crippen molar-refractivity contribution in [2.24, 2.45) is 0 Å². The van der Waals surface area contributed by atoms with Gasteiger partial charge in [-0.25, -0.2) is 0 Å². The molecule has 0 saturated heterocycles. The van der Waals surface area contributed by atoms with Gasteiger partial charge in [0.25, 0.3) is 0 Å². The predicted molar refractivity (Wildman–Crippen MR) is 60.3 cm³/mol. The van der Waals surface area contributed by atoms with Crippen LogP contribution in [0, 0.1) is 0 Å². The standard InChI is InChI=1S/B10H2/c1-7(2)10(8(3)4)9(5)6/h1-2H. The van der Waals surface area contributed by atoms with E-state index in [0.717, 1.165) is 0 Å². The molecular weight excluding hydrogens is 108 g/mol. The molecule has 0 rings (SSSR count). The minimum Gasteiger partial charge on any atom is 0.000000459 e. The second kappa shape index (κ2) is 4.51. The fourth-order valence-corrected chi connectivity index (χ4v) is 0.885. The molecule has 0 N–H and O–H groups in total. The molecule has 0 unspecified atom stereocenters. The van der Waals surface area contributed by atoms with Crippen LogP contribution in [-0.2, 0) is 0 Å². The lowest BCUT2D eigenvalue weighted by atomic mass is 8.58. The Morgan fingerprint density at radius 3 is 1.10 bits per heavy atom. The Morgan fingerprint density at radius 1 is 0.800 bits per heavy atom. The molecule has 0 saturated carbocycles. The van der Waals surface area contributed by atoms with E-state index < -0.39 is 12.8 Å². The fourth-order valence-electron chi connectivity index (χ4n) is 0.885. The first kappa shape index (κ1) is 10.6. The Kier molecular flexibility index (Phi) is 4.80. The highest BCUT2D eigenvalue weighted by Gasteiger charge is 2.25. The molecule has 0 aliphatic rings. The van der Waals surface area contributed by atoms with Crippen LogP contribution in [-0.4, -0.2) is 72.0 Å². The minimum absolute atomic E-state index is 0.167. The SMILES string of the molecule is [B]B([B])B(B([B])[B])B([BH])[BH]. The van der Waals surface area contributed by atoms with Gasteiger partial charge in [-0.15, -0.1) is 0 Å². The molecule has 0 heterocycles. The molecular formula is H2B10. The smallest absolute Gasteiger partial charge is 0.000000459 e. The van der Waals surface area contributed by atoms with Crippen molar-refractivity contribution in [3.05, 3.63) is 0 Å². The highest BCUT2D eigenvalue weighted by atomic mass is 13.1. The largest absolute Gasteiger partial charge is 0.0326 e. The van der Waals surface area contributed by atoms with Crippen molar-refractivity contribution in [3.63, 3.8) is 0 Å². The highest BCUT2D eigenvalue weighted by molar-refractivity contribution is 8.00. The van der Waals surface area contributed by atoms with Crippen LogP contribution in [0.25, 0.3) is 0 Å². The van der Waals surface area contributed by atoms with Crippen LogP contribution < -0.4 is 0 Å². The number of rotatable bonds is 3. The van der Waals surface area contributed by atoms with Gasteiger partial charge in [0.1, 0.15) is 0 Å². The molecule has 0 nitrogen and oxygen atoms in total. The summed E-state index contributed by atoms with van der Waals surface area (Å²) in [5, 5.41) is 0. The fraction of sp³-hybridized carbons (Fsp3) is 0. The van der Waals surface area contributed by atoms with Crippen LogP contribution in [0.4, 0.5) is 0 Å². The summed E-state index contributed by atoms with van der Waals surface area (Å²) in [5.74, 6) is 0. The molecule has 0 fully saturated rings. The molecule has 0 atom stereocenters. The Bertz CT molecular complexity index is 61.0. The summed E-state index contributed by atoms with van der Waals surface area (Å²) in [6, 6.07) is 0. The van der Waals surface area contributed by atoms with Crippen molar-refractivity contribution in [1.82, 2.24) is 0 Å². The lowest BCUT2D eigenvalue weighted by molar-refractivity contribution is 3.52. The Morgan fingerprint density at radius 2 is 1.10 bits per heavy atom. The Balaban J connectivity index is 3.98. The van der Waals surface area contributed by atoms with Crippen molar-refractivity contribution in [1.29, 1.82) is 0 Å². The van der Waals surface area contributed by atoms with Gasteiger partial charge in [0.15, 0.2) is 0 Å². The van der Waals surface area contributed by atoms with Gasteiger partial charge in [-0.2, -0.15) is 0 Å². The topological polar surface area (TPSA) is 0 Å². The van der Waals surface area contributed by atoms with E-state index in [9.17, 15) is 0 Å². The summed E-state index contributed by atoms with van der Waals surface area (Å²) in [4.78, 5) is 0. The van der Waals surface area contributed by atoms with E-state index in [1.807, 2.05) is 0 Å². The molecule has 0 aliphatic heterocycles. The summed E-state index contributed by atoms with van der Waals surface area (Å²) in [6.45, 7) is 0. The van der Waals surface area contributed by atoms with E-state index in [-0.39, 0.29) is 12.8 Å². The zero-order chi connectivity index (χ0) is 8.31. The summed E-state index contributed by atoms with van der Waals surface area (Å²) in [6.07, 6.45) is -1.47. The van der Waals surface area contributed by atoms with Gasteiger partial charge < -0.3 is 0 Å². The molecule has 0 aromatic heterocycles. The van der Waals surface area contributed by atoms with Crippen molar-refractivity contribution in [3.8, 4) is 0 Å². The van der Waals surface area contributed by atoms with Gasteiger partial charge in [0, 0.05) is 72.0 Å². The van der Waals surface area contributed by atoms with Gasteiger partial charge >= 0.3 is 0 Å². The third kappa shape index (κ3) is 3.16. The summed E-state index contributed by atoms with van der Waals surface area (Å²) in [5.41, 5.74) is 0. The van der Waals surface area contributed by atoms with E-state index in [2.05, 4.69) is 15.5 Å². The molecule has 10 heteroatoms. The van der Waals surface area contributed by atoms with Crippen molar-refractivity contribution >= 4 is 72.0 Å². The molecule has 32 valence electrons. The van der Waals surface area contributed by atoms with Crippen molar-refractivity contribution in [2.45, 2.75) is 0 Å². The summed E-state index contributed by atoms with van der Waals surface area (Å²) in [7, 11) is 28.8. The summed E-state index contributed by atoms with van der Waals surface area (Å²) < 4.78 is 0. The highest BCUT2D eigenvalue weighted by Crippen LogP contribution is 1.86. The van der Waals surface area contributed by atoms with Crippen molar-refractivity contribution < 1.29 is 0 Å². The van der Waals surface area contributed by atoms with E-state index in [1.165, 1.54) is 0 Å². The van der Waals surface area contributed by atoms with E-state index in [0.29, 0.717) is 0 Å². The number of hydrogen-bond acceptors (Lipinski definition) is 0. The van der Waals surface area contributed by atoms with Crippen LogP contribution in [0.15, 0.2) is 0 Å². The quantitative estimate of drug-likeness (QED) is 0.322. The number of hydrogen-bond donors (Lipinski definition) is 0. The molecule has 0 spiro atoms. The molecule has 10 radical (unpaired) electrons. The molecule has 10 heavy (non-hydrogen) atoms. The lowest BCUT2D eigenvalue weighted by Gasteiger charge is -2.23. The molecule has 0 aromatic carbocycles. The third-order valence-electron chi connectivity index (χ3n) is 1.43. The minimum atomic E-state index is -0.542. The molecule has 0 aromatic rings. The Hall–Kier alpha value is 0.649. The second-order valence-corrected chi connectivity index (χ2v) is 2.49. The first-order valence-electron chi connectivity index (χ1n) is 3.15. The predicted octanol–water partition coefficient (Wildman–Crippen LogP) is -4.34. The average molecular weight is 110 g/mol. The normalized spacial score (nSPS) is 8.40. The van der Waals surface area contributed by atoms with Crippen LogP contribution in [0.2, 0.25) is 0 Å². The third-order valence-corrected chi connectivity index (χ3v) is 1.43. The maximum Gasteiger partial charge on any atom is 0.0326 e. The monoisotopic (exact) mass is 112 g/mol. The Labute approximate surface area is 72.4 Å². The van der Waals surface area contributed by atoms with Crippen molar-refractivity contribution in [2.75, 3.05) is 0 Å². The van der Waals surface area contributed by atoms with Crippen LogP contribution in [0.3, 0.4) is 0 Å². The van der Waals surface area contributed by atoms with Gasteiger partial charge in [0.2, 0.25) is 0 Å². The van der Waals surface area contributed by atoms with Crippen LogP contribution in [0.1, 0.15) is 0 Å².